The summed E-state index contributed by atoms with van der Waals surface area (Å²) < 4.78 is 0. The van der Waals surface area contributed by atoms with Crippen LogP contribution in [0.15, 0.2) is 53.7 Å². The zero-order chi connectivity index (χ0) is 12.8. The van der Waals surface area contributed by atoms with E-state index in [2.05, 4.69) is 4.98 Å². The number of aromatic nitrogens is 1. The minimum Gasteiger partial charge on any atom is -0.294 e. The van der Waals surface area contributed by atoms with E-state index in [1.54, 1.807) is 48.4 Å². The van der Waals surface area contributed by atoms with Crippen LogP contribution in [0.25, 0.3) is 0 Å². The zero-order valence-electron chi connectivity index (χ0n) is 9.67. The van der Waals surface area contributed by atoms with Crippen LogP contribution >= 0.6 is 23.4 Å². The third kappa shape index (κ3) is 3.86. The Morgan fingerprint density at radius 1 is 1.22 bits per heavy atom. The third-order valence-electron chi connectivity index (χ3n) is 2.39. The van der Waals surface area contributed by atoms with E-state index in [9.17, 15) is 4.79 Å². The number of hydrogen-bond donors (Lipinski definition) is 0. The number of carbonyl (C=O) groups excluding carboxylic acids is 1. The van der Waals surface area contributed by atoms with E-state index in [-0.39, 0.29) is 5.78 Å². The number of carbonyl (C=O) groups is 1. The molecule has 92 valence electrons. The first-order chi connectivity index (χ1) is 8.75. The summed E-state index contributed by atoms with van der Waals surface area (Å²) in [6.07, 6.45) is 4.01. The number of rotatable bonds is 5. The third-order valence-corrected chi connectivity index (χ3v) is 3.64. The number of thioether (sulfide) groups is 1. The van der Waals surface area contributed by atoms with Crippen LogP contribution in [0.4, 0.5) is 0 Å². The summed E-state index contributed by atoms with van der Waals surface area (Å²) in [5.74, 6) is 0.883. The maximum absolute atomic E-state index is 11.9. The summed E-state index contributed by atoms with van der Waals surface area (Å²) >= 11 is 7.51. The van der Waals surface area contributed by atoms with Crippen molar-refractivity contribution in [3.8, 4) is 0 Å². The molecular formula is C14H12ClNOS. The molecule has 18 heavy (non-hydrogen) atoms. The van der Waals surface area contributed by atoms with Crippen LogP contribution in [-0.4, -0.2) is 16.5 Å². The Morgan fingerprint density at radius 2 is 2.00 bits per heavy atom. The van der Waals surface area contributed by atoms with Gasteiger partial charge in [0.15, 0.2) is 5.78 Å². The number of pyridine rings is 1. The lowest BCUT2D eigenvalue weighted by atomic mass is 10.1. The van der Waals surface area contributed by atoms with Gasteiger partial charge in [0.25, 0.3) is 0 Å². The first kappa shape index (κ1) is 13.1. The molecule has 0 saturated carbocycles. The van der Waals surface area contributed by atoms with Gasteiger partial charge < -0.3 is 0 Å². The van der Waals surface area contributed by atoms with Crippen LogP contribution in [0.3, 0.4) is 0 Å². The normalized spacial score (nSPS) is 10.3. The van der Waals surface area contributed by atoms with E-state index >= 15 is 0 Å². The molecule has 0 unspecified atom stereocenters. The minimum absolute atomic E-state index is 0.124. The average molecular weight is 278 g/mol. The topological polar surface area (TPSA) is 30.0 Å². The lowest BCUT2D eigenvalue weighted by Gasteiger charge is -2.02. The Bertz CT molecular complexity index is 530. The fraction of sp³-hybridized carbons (Fsp3) is 0.143. The van der Waals surface area contributed by atoms with Crippen LogP contribution in [0, 0.1) is 0 Å². The van der Waals surface area contributed by atoms with Gasteiger partial charge in [-0.15, -0.1) is 11.8 Å². The number of nitrogens with zero attached hydrogens (tertiary/aromatic N) is 1. The van der Waals surface area contributed by atoms with Gasteiger partial charge in [-0.1, -0.05) is 23.7 Å². The average Bonchev–Trinajstić information content (AvgIpc) is 2.40. The number of halogens is 1. The Labute approximate surface area is 115 Å². The molecule has 0 amide bonds. The first-order valence-electron chi connectivity index (χ1n) is 5.57. The molecule has 1 heterocycles. The molecule has 1 aromatic carbocycles. The van der Waals surface area contributed by atoms with Gasteiger partial charge >= 0.3 is 0 Å². The molecule has 1 aromatic heterocycles. The highest BCUT2D eigenvalue weighted by Gasteiger charge is 2.06. The summed E-state index contributed by atoms with van der Waals surface area (Å²) in [6.45, 7) is 0. The predicted molar refractivity (Wildman–Crippen MR) is 75.4 cm³/mol. The van der Waals surface area contributed by atoms with Gasteiger partial charge in [0, 0.05) is 40.0 Å². The standard InChI is InChI=1S/C14H12ClNOS/c15-12-3-1-2-11(10-12)14(17)6-9-18-13-4-7-16-8-5-13/h1-5,7-8,10H,6,9H2. The lowest BCUT2D eigenvalue weighted by molar-refractivity contribution is 0.0989. The number of Topliss-reactive ketones (excluding diaryl/α,β-unsaturated/α-hetero) is 1. The summed E-state index contributed by atoms with van der Waals surface area (Å²) in [6, 6.07) is 10.9. The molecule has 0 atom stereocenters. The second kappa shape index (κ2) is 6.57. The molecule has 2 aromatic rings. The second-order valence-electron chi connectivity index (χ2n) is 3.71. The summed E-state index contributed by atoms with van der Waals surface area (Å²) in [7, 11) is 0. The Hall–Kier alpha value is -1.32. The molecule has 0 aliphatic heterocycles. The number of hydrogen-bond acceptors (Lipinski definition) is 3. The number of benzene rings is 1. The quantitative estimate of drug-likeness (QED) is 0.609. The first-order valence-corrected chi connectivity index (χ1v) is 6.93. The summed E-state index contributed by atoms with van der Waals surface area (Å²) in [5, 5.41) is 0.600. The molecule has 4 heteroatoms. The summed E-state index contributed by atoms with van der Waals surface area (Å²) in [5.41, 5.74) is 0.679. The predicted octanol–water partition coefficient (Wildman–Crippen LogP) is 4.10. The Balaban J connectivity index is 1.86. The van der Waals surface area contributed by atoms with Gasteiger partial charge in [-0.3, -0.25) is 9.78 Å². The van der Waals surface area contributed by atoms with Crippen molar-refractivity contribution in [2.75, 3.05) is 5.75 Å². The van der Waals surface area contributed by atoms with E-state index in [0.717, 1.165) is 10.6 Å². The highest BCUT2D eigenvalue weighted by atomic mass is 35.5. The molecule has 2 nitrogen and oxygen atoms in total. The molecule has 0 radical (unpaired) electrons. The van der Waals surface area contributed by atoms with E-state index in [1.165, 1.54) is 0 Å². The van der Waals surface area contributed by atoms with E-state index in [0.29, 0.717) is 17.0 Å². The van der Waals surface area contributed by atoms with Gasteiger partial charge in [-0.05, 0) is 24.3 Å². The molecule has 2 rings (SSSR count). The molecule has 0 bridgehead atoms. The highest BCUT2D eigenvalue weighted by Crippen LogP contribution is 2.19. The molecule has 0 saturated heterocycles. The monoisotopic (exact) mass is 277 g/mol. The van der Waals surface area contributed by atoms with Crippen molar-refractivity contribution in [1.29, 1.82) is 0 Å². The molecule has 0 spiro atoms. The van der Waals surface area contributed by atoms with Gasteiger partial charge in [0.1, 0.15) is 0 Å². The van der Waals surface area contributed by atoms with Gasteiger partial charge in [-0.25, -0.2) is 0 Å². The molecule has 0 aliphatic rings. The van der Waals surface area contributed by atoms with Crippen molar-refractivity contribution < 1.29 is 4.79 Å². The second-order valence-corrected chi connectivity index (χ2v) is 5.32. The van der Waals surface area contributed by atoms with Crippen LogP contribution < -0.4 is 0 Å². The molecule has 0 N–H and O–H groups in total. The van der Waals surface area contributed by atoms with E-state index in [1.807, 2.05) is 12.1 Å². The smallest absolute Gasteiger partial charge is 0.163 e. The van der Waals surface area contributed by atoms with Crippen molar-refractivity contribution in [3.05, 3.63) is 59.4 Å². The van der Waals surface area contributed by atoms with Crippen molar-refractivity contribution >= 4 is 29.1 Å². The van der Waals surface area contributed by atoms with Crippen molar-refractivity contribution in [2.45, 2.75) is 11.3 Å². The van der Waals surface area contributed by atoms with Crippen molar-refractivity contribution in [3.63, 3.8) is 0 Å². The van der Waals surface area contributed by atoms with Gasteiger partial charge in [-0.2, -0.15) is 0 Å². The van der Waals surface area contributed by atoms with Crippen LogP contribution in [0.2, 0.25) is 5.02 Å². The SMILES string of the molecule is O=C(CCSc1ccncc1)c1cccc(Cl)c1. The fourth-order valence-electron chi connectivity index (χ4n) is 1.50. The summed E-state index contributed by atoms with van der Waals surface area (Å²) in [4.78, 5) is 17.0. The highest BCUT2D eigenvalue weighted by molar-refractivity contribution is 7.99. The Kier molecular flexibility index (Phi) is 4.79. The van der Waals surface area contributed by atoms with Crippen LogP contribution in [0.5, 0.6) is 0 Å². The molecule has 0 fully saturated rings. The molecule has 0 aliphatic carbocycles. The van der Waals surface area contributed by atoms with E-state index in [4.69, 9.17) is 11.6 Å². The van der Waals surface area contributed by atoms with Gasteiger partial charge in [0.05, 0.1) is 0 Å². The Morgan fingerprint density at radius 3 is 2.72 bits per heavy atom. The zero-order valence-corrected chi connectivity index (χ0v) is 11.2. The maximum Gasteiger partial charge on any atom is 0.163 e. The maximum atomic E-state index is 11.9. The van der Waals surface area contributed by atoms with Crippen molar-refractivity contribution in [1.82, 2.24) is 4.98 Å². The van der Waals surface area contributed by atoms with Crippen LogP contribution in [-0.2, 0) is 0 Å². The lowest BCUT2D eigenvalue weighted by Crippen LogP contribution is -2.00. The largest absolute Gasteiger partial charge is 0.294 e. The van der Waals surface area contributed by atoms with Crippen molar-refractivity contribution in [2.24, 2.45) is 0 Å². The van der Waals surface area contributed by atoms with E-state index < -0.39 is 0 Å². The molecular weight excluding hydrogens is 266 g/mol. The fourth-order valence-corrected chi connectivity index (χ4v) is 2.53. The number of ketones is 1. The van der Waals surface area contributed by atoms with Gasteiger partial charge in [0.2, 0.25) is 0 Å². The van der Waals surface area contributed by atoms with Crippen LogP contribution in [0.1, 0.15) is 16.8 Å². The minimum atomic E-state index is 0.124.